The molecule has 4 heteroatoms. The molecule has 3 rings (SSSR count). The summed E-state index contributed by atoms with van der Waals surface area (Å²) < 4.78 is 32.8. The standard InChI is InChI=1S/C18H27F2NO/c19-17-5-1-3-15(18(17)20)4-2-10-21-11-8-16(9-12-21)22-13-14-6-7-14/h1,3,5,14-16,18H,2,4,6-13H2. The summed E-state index contributed by atoms with van der Waals surface area (Å²) >= 11 is 0. The molecular formula is C18H27F2NO. The number of rotatable bonds is 7. The molecule has 3 aliphatic rings. The van der Waals surface area contributed by atoms with E-state index in [1.54, 1.807) is 12.2 Å². The number of alkyl halides is 1. The molecule has 2 unspecified atom stereocenters. The van der Waals surface area contributed by atoms with Crippen molar-refractivity contribution in [1.82, 2.24) is 4.90 Å². The minimum absolute atomic E-state index is 0.288. The molecule has 0 aromatic heterocycles. The zero-order chi connectivity index (χ0) is 15.4. The highest BCUT2D eigenvalue weighted by molar-refractivity contribution is 5.19. The van der Waals surface area contributed by atoms with Gasteiger partial charge >= 0.3 is 0 Å². The highest BCUT2D eigenvalue weighted by Crippen LogP contribution is 2.30. The Morgan fingerprint density at radius 2 is 1.95 bits per heavy atom. The molecule has 1 saturated heterocycles. The molecule has 0 N–H and O–H groups in total. The zero-order valence-electron chi connectivity index (χ0n) is 13.2. The van der Waals surface area contributed by atoms with Gasteiger partial charge in [0, 0.05) is 25.6 Å². The van der Waals surface area contributed by atoms with Gasteiger partial charge in [-0.3, -0.25) is 0 Å². The van der Waals surface area contributed by atoms with Crippen LogP contribution < -0.4 is 0 Å². The van der Waals surface area contributed by atoms with Crippen molar-refractivity contribution in [2.24, 2.45) is 11.8 Å². The molecule has 2 nitrogen and oxygen atoms in total. The van der Waals surface area contributed by atoms with Crippen LogP contribution in [0.25, 0.3) is 0 Å². The Balaban J connectivity index is 1.28. The smallest absolute Gasteiger partial charge is 0.158 e. The van der Waals surface area contributed by atoms with Gasteiger partial charge in [-0.2, -0.15) is 0 Å². The van der Waals surface area contributed by atoms with Crippen LogP contribution in [-0.2, 0) is 4.74 Å². The minimum Gasteiger partial charge on any atom is -0.378 e. The third kappa shape index (κ3) is 4.63. The average Bonchev–Trinajstić information content (AvgIpc) is 3.35. The molecule has 0 bridgehead atoms. The number of hydrogen-bond acceptors (Lipinski definition) is 2. The third-order valence-electron chi connectivity index (χ3n) is 5.06. The minimum atomic E-state index is -1.44. The molecule has 0 aromatic carbocycles. The van der Waals surface area contributed by atoms with Gasteiger partial charge in [-0.15, -0.1) is 0 Å². The van der Waals surface area contributed by atoms with Gasteiger partial charge < -0.3 is 9.64 Å². The molecule has 22 heavy (non-hydrogen) atoms. The number of ether oxygens (including phenoxy) is 1. The number of likely N-dealkylation sites (tertiary alicyclic amines) is 1. The van der Waals surface area contributed by atoms with Gasteiger partial charge in [0.2, 0.25) is 0 Å². The van der Waals surface area contributed by atoms with E-state index in [4.69, 9.17) is 4.74 Å². The maximum Gasteiger partial charge on any atom is 0.158 e. The SMILES string of the molecule is FC1=CC=CC(CCCN2CCC(OCC3CC3)CC2)C1F. The van der Waals surface area contributed by atoms with Gasteiger partial charge in [0.1, 0.15) is 5.83 Å². The number of piperidine rings is 1. The Bertz CT molecular complexity index is 411. The molecule has 0 amide bonds. The lowest BCUT2D eigenvalue weighted by atomic mass is 9.93. The van der Waals surface area contributed by atoms with Crippen LogP contribution in [0.3, 0.4) is 0 Å². The third-order valence-corrected chi connectivity index (χ3v) is 5.06. The first-order valence-electron chi connectivity index (χ1n) is 8.74. The monoisotopic (exact) mass is 311 g/mol. The molecule has 124 valence electrons. The Morgan fingerprint density at radius 3 is 2.68 bits per heavy atom. The molecule has 2 aliphatic carbocycles. The lowest BCUT2D eigenvalue weighted by Gasteiger charge is -2.32. The summed E-state index contributed by atoms with van der Waals surface area (Å²) in [6, 6.07) is 0. The van der Waals surface area contributed by atoms with E-state index < -0.39 is 12.0 Å². The van der Waals surface area contributed by atoms with Gasteiger partial charge in [0.15, 0.2) is 6.17 Å². The molecule has 2 fully saturated rings. The van der Waals surface area contributed by atoms with Gasteiger partial charge in [0.25, 0.3) is 0 Å². The molecule has 1 heterocycles. The van der Waals surface area contributed by atoms with Crippen molar-refractivity contribution in [2.75, 3.05) is 26.2 Å². The summed E-state index contributed by atoms with van der Waals surface area (Å²) in [7, 11) is 0. The molecule has 1 saturated carbocycles. The van der Waals surface area contributed by atoms with E-state index in [0.717, 1.165) is 57.8 Å². The second kappa shape index (κ2) is 7.69. The van der Waals surface area contributed by atoms with Crippen LogP contribution in [-0.4, -0.2) is 43.4 Å². The van der Waals surface area contributed by atoms with Crippen molar-refractivity contribution in [3.05, 3.63) is 24.1 Å². The molecular weight excluding hydrogens is 284 g/mol. The predicted octanol–water partition coefficient (Wildman–Crippen LogP) is 4.04. The highest BCUT2D eigenvalue weighted by atomic mass is 19.2. The van der Waals surface area contributed by atoms with Crippen LogP contribution in [0.5, 0.6) is 0 Å². The van der Waals surface area contributed by atoms with Gasteiger partial charge in [-0.25, -0.2) is 8.78 Å². The summed E-state index contributed by atoms with van der Waals surface area (Å²) in [4.78, 5) is 2.43. The molecule has 0 spiro atoms. The summed E-state index contributed by atoms with van der Waals surface area (Å²) in [5, 5.41) is 0. The predicted molar refractivity (Wildman–Crippen MR) is 84.1 cm³/mol. The van der Waals surface area contributed by atoms with E-state index >= 15 is 0 Å². The molecule has 2 atom stereocenters. The summed E-state index contributed by atoms with van der Waals surface area (Å²) in [5.41, 5.74) is 0. The second-order valence-electron chi connectivity index (χ2n) is 6.96. The quantitative estimate of drug-likeness (QED) is 0.704. The molecule has 0 radical (unpaired) electrons. The van der Waals surface area contributed by atoms with Crippen LogP contribution in [0.15, 0.2) is 24.1 Å². The first-order chi connectivity index (χ1) is 10.7. The summed E-state index contributed by atoms with van der Waals surface area (Å²) in [6.07, 6.45) is 10.2. The fraction of sp³-hybridized carbons (Fsp3) is 0.778. The van der Waals surface area contributed by atoms with E-state index in [1.165, 1.54) is 18.9 Å². The first-order valence-corrected chi connectivity index (χ1v) is 8.74. The number of nitrogens with zero attached hydrogens (tertiary/aromatic N) is 1. The van der Waals surface area contributed by atoms with E-state index in [-0.39, 0.29) is 5.92 Å². The lowest BCUT2D eigenvalue weighted by Crippen LogP contribution is -2.38. The van der Waals surface area contributed by atoms with Gasteiger partial charge in [-0.05, 0) is 57.1 Å². The Labute approximate surface area is 132 Å². The van der Waals surface area contributed by atoms with E-state index in [0.29, 0.717) is 6.10 Å². The van der Waals surface area contributed by atoms with Crippen molar-refractivity contribution < 1.29 is 13.5 Å². The Morgan fingerprint density at radius 1 is 1.18 bits per heavy atom. The normalized spacial score (nSPS) is 30.5. The largest absolute Gasteiger partial charge is 0.378 e. The Kier molecular flexibility index (Phi) is 5.64. The molecule has 1 aliphatic heterocycles. The Hall–Kier alpha value is -0.740. The topological polar surface area (TPSA) is 12.5 Å². The number of halogens is 2. The second-order valence-corrected chi connectivity index (χ2v) is 6.96. The van der Waals surface area contributed by atoms with Crippen molar-refractivity contribution in [3.8, 4) is 0 Å². The van der Waals surface area contributed by atoms with Gasteiger partial charge in [-0.1, -0.05) is 12.2 Å². The first kappa shape index (κ1) is 16.1. The maximum atomic E-state index is 13.7. The average molecular weight is 311 g/mol. The van der Waals surface area contributed by atoms with Crippen molar-refractivity contribution >= 4 is 0 Å². The fourth-order valence-corrected chi connectivity index (χ4v) is 3.33. The van der Waals surface area contributed by atoms with Crippen LogP contribution in [0.4, 0.5) is 8.78 Å². The fourth-order valence-electron chi connectivity index (χ4n) is 3.33. The van der Waals surface area contributed by atoms with Crippen LogP contribution in [0, 0.1) is 11.8 Å². The van der Waals surface area contributed by atoms with Crippen LogP contribution in [0.1, 0.15) is 38.5 Å². The van der Waals surface area contributed by atoms with E-state index in [9.17, 15) is 8.78 Å². The van der Waals surface area contributed by atoms with Crippen LogP contribution in [0.2, 0.25) is 0 Å². The molecule has 0 aromatic rings. The zero-order valence-corrected chi connectivity index (χ0v) is 13.2. The lowest BCUT2D eigenvalue weighted by molar-refractivity contribution is 0.00206. The van der Waals surface area contributed by atoms with Crippen molar-refractivity contribution in [2.45, 2.75) is 50.8 Å². The number of allylic oxidation sites excluding steroid dienone is 4. The maximum absolute atomic E-state index is 13.7. The number of hydrogen-bond donors (Lipinski definition) is 0. The van der Waals surface area contributed by atoms with Crippen LogP contribution >= 0.6 is 0 Å². The van der Waals surface area contributed by atoms with E-state index in [2.05, 4.69) is 4.90 Å². The van der Waals surface area contributed by atoms with Gasteiger partial charge in [0.05, 0.1) is 6.10 Å². The van der Waals surface area contributed by atoms with E-state index in [1.807, 2.05) is 0 Å². The summed E-state index contributed by atoms with van der Waals surface area (Å²) in [6.45, 7) is 4.08. The summed E-state index contributed by atoms with van der Waals surface area (Å²) in [5.74, 6) is -0.0739. The van der Waals surface area contributed by atoms with Crippen molar-refractivity contribution in [3.63, 3.8) is 0 Å². The highest BCUT2D eigenvalue weighted by Gasteiger charge is 2.27. The van der Waals surface area contributed by atoms with Crippen molar-refractivity contribution in [1.29, 1.82) is 0 Å².